The van der Waals surface area contributed by atoms with Gasteiger partial charge in [0.1, 0.15) is 5.56 Å². The maximum Gasteiger partial charge on any atom is 0.342 e. The number of hydrogen-bond acceptors (Lipinski definition) is 4. The van der Waals surface area contributed by atoms with Crippen molar-refractivity contribution in [2.24, 2.45) is 0 Å². The molecular weight excluding hydrogens is 312 g/mol. The van der Waals surface area contributed by atoms with Crippen molar-refractivity contribution >= 4 is 27.4 Å². The van der Waals surface area contributed by atoms with Crippen molar-refractivity contribution in [3.05, 3.63) is 27.9 Å². The summed E-state index contributed by atoms with van der Waals surface area (Å²) < 4.78 is 12.8. The molecule has 0 amide bonds. The molecule has 0 bridgehead atoms. The predicted octanol–water partition coefficient (Wildman–Crippen LogP) is 2.84. The van der Waals surface area contributed by atoms with E-state index in [9.17, 15) is 4.79 Å². The van der Waals surface area contributed by atoms with Crippen LogP contribution in [0.4, 0.5) is 0 Å². The van der Waals surface area contributed by atoms with Crippen LogP contribution in [-0.2, 0) is 11.2 Å². The lowest BCUT2D eigenvalue weighted by atomic mass is 10.1. The number of carbonyl (C=O) groups excluding carboxylic acids is 1. The van der Waals surface area contributed by atoms with Gasteiger partial charge in [0.15, 0.2) is 0 Å². The quantitative estimate of drug-likeness (QED) is 0.811. The van der Waals surface area contributed by atoms with E-state index in [2.05, 4.69) is 21.0 Å². The molecule has 0 aromatic carbocycles. The van der Waals surface area contributed by atoms with Crippen LogP contribution in [0.1, 0.15) is 29.9 Å². The van der Waals surface area contributed by atoms with Gasteiger partial charge in [-0.05, 0) is 35.3 Å². The van der Waals surface area contributed by atoms with Crippen LogP contribution >= 0.6 is 15.9 Å². The van der Waals surface area contributed by atoms with E-state index >= 15 is 0 Å². The minimum absolute atomic E-state index is 0.334. The molecule has 0 unspecified atom stereocenters. The molecule has 0 fully saturated rings. The normalized spacial score (nSPS) is 10.7. The van der Waals surface area contributed by atoms with E-state index in [1.165, 1.54) is 0 Å². The van der Waals surface area contributed by atoms with Gasteiger partial charge in [-0.3, -0.25) is 0 Å². The number of pyridine rings is 1. The molecule has 102 valence electrons. The number of fused-ring (bicyclic) bond motifs is 1. The van der Waals surface area contributed by atoms with E-state index in [4.69, 9.17) is 9.47 Å². The highest BCUT2D eigenvalue weighted by Gasteiger charge is 2.23. The topological polar surface area (TPSA) is 52.8 Å². The van der Waals surface area contributed by atoms with Crippen molar-refractivity contribution in [2.75, 3.05) is 13.7 Å². The second kappa shape index (κ2) is 5.61. The largest absolute Gasteiger partial charge is 0.481 e. The second-order valence-electron chi connectivity index (χ2n) is 3.88. The minimum atomic E-state index is -0.358. The smallest absolute Gasteiger partial charge is 0.342 e. The number of carbonyl (C=O) groups is 1. The Kier molecular flexibility index (Phi) is 4.09. The van der Waals surface area contributed by atoms with Gasteiger partial charge in [-0.2, -0.15) is 9.61 Å². The Bertz CT molecular complexity index is 622. The summed E-state index contributed by atoms with van der Waals surface area (Å²) in [7, 11) is 1.57. The molecule has 5 nitrogen and oxygen atoms in total. The summed E-state index contributed by atoms with van der Waals surface area (Å²) in [5.74, 6) is 0.215. The Morgan fingerprint density at radius 2 is 2.16 bits per heavy atom. The Balaban J connectivity index is 2.76. The first kappa shape index (κ1) is 13.9. The van der Waals surface area contributed by atoms with E-state index in [0.717, 1.165) is 4.47 Å². The fourth-order valence-electron chi connectivity index (χ4n) is 1.96. The molecule has 0 radical (unpaired) electrons. The second-order valence-corrected chi connectivity index (χ2v) is 4.73. The van der Waals surface area contributed by atoms with E-state index in [1.54, 1.807) is 24.6 Å². The van der Waals surface area contributed by atoms with Crippen molar-refractivity contribution in [3.8, 4) is 5.88 Å². The molecule has 0 aliphatic heterocycles. The molecule has 2 heterocycles. The van der Waals surface area contributed by atoms with Crippen LogP contribution < -0.4 is 4.74 Å². The molecule has 0 atom stereocenters. The van der Waals surface area contributed by atoms with Crippen LogP contribution in [0.3, 0.4) is 0 Å². The number of hydrogen-bond donors (Lipinski definition) is 0. The van der Waals surface area contributed by atoms with Gasteiger partial charge < -0.3 is 9.47 Å². The minimum Gasteiger partial charge on any atom is -0.481 e. The van der Waals surface area contributed by atoms with Gasteiger partial charge in [0.2, 0.25) is 5.88 Å². The number of aryl methyl sites for hydroxylation is 1. The standard InChI is InChI=1S/C13H15BrN2O3/c1-4-9-11(13(17)19-5-2)12-8(14)6-7-10(18-3)16(12)15-9/h6-7H,4-5H2,1-3H3. The first-order valence-electron chi connectivity index (χ1n) is 6.05. The number of rotatable bonds is 4. The highest BCUT2D eigenvalue weighted by molar-refractivity contribution is 9.10. The zero-order valence-corrected chi connectivity index (χ0v) is 12.7. The van der Waals surface area contributed by atoms with E-state index in [1.807, 2.05) is 13.0 Å². The molecule has 0 spiro atoms. The number of ether oxygens (including phenoxy) is 2. The van der Waals surface area contributed by atoms with Crippen molar-refractivity contribution in [3.63, 3.8) is 0 Å². The number of nitrogens with zero attached hydrogens (tertiary/aromatic N) is 2. The van der Waals surface area contributed by atoms with Crippen molar-refractivity contribution in [1.82, 2.24) is 9.61 Å². The van der Waals surface area contributed by atoms with Gasteiger partial charge in [-0.15, -0.1) is 0 Å². The molecule has 0 aliphatic carbocycles. The fourth-order valence-corrected chi connectivity index (χ4v) is 2.46. The van der Waals surface area contributed by atoms with Gasteiger partial charge in [-0.25, -0.2) is 4.79 Å². The third-order valence-corrected chi connectivity index (χ3v) is 3.43. The maximum atomic E-state index is 12.1. The first-order chi connectivity index (χ1) is 9.13. The zero-order chi connectivity index (χ0) is 14.0. The molecule has 2 aromatic heterocycles. The van der Waals surface area contributed by atoms with Crippen molar-refractivity contribution in [2.45, 2.75) is 20.3 Å². The lowest BCUT2D eigenvalue weighted by Gasteiger charge is -2.05. The Morgan fingerprint density at radius 3 is 2.74 bits per heavy atom. The average Bonchev–Trinajstić information content (AvgIpc) is 2.80. The summed E-state index contributed by atoms with van der Waals surface area (Å²) in [6.45, 7) is 4.07. The Hall–Kier alpha value is -1.56. The van der Waals surface area contributed by atoms with Gasteiger partial charge in [0, 0.05) is 10.5 Å². The molecule has 6 heteroatoms. The Labute approximate surface area is 119 Å². The van der Waals surface area contributed by atoms with E-state index in [0.29, 0.717) is 35.7 Å². The average molecular weight is 327 g/mol. The monoisotopic (exact) mass is 326 g/mol. The van der Waals surface area contributed by atoms with Gasteiger partial charge >= 0.3 is 5.97 Å². The van der Waals surface area contributed by atoms with Gasteiger partial charge in [-0.1, -0.05) is 6.92 Å². The lowest BCUT2D eigenvalue weighted by molar-refractivity contribution is 0.0527. The maximum absolute atomic E-state index is 12.1. The molecule has 0 saturated heterocycles. The summed E-state index contributed by atoms with van der Waals surface area (Å²) in [6, 6.07) is 3.62. The summed E-state index contributed by atoms with van der Waals surface area (Å²) >= 11 is 3.45. The predicted molar refractivity (Wildman–Crippen MR) is 74.8 cm³/mol. The number of aromatic nitrogens is 2. The highest BCUT2D eigenvalue weighted by Crippen LogP contribution is 2.29. The lowest BCUT2D eigenvalue weighted by Crippen LogP contribution is -2.07. The van der Waals surface area contributed by atoms with Crippen molar-refractivity contribution in [1.29, 1.82) is 0 Å². The molecule has 0 saturated carbocycles. The Morgan fingerprint density at radius 1 is 1.42 bits per heavy atom. The number of esters is 1. The van der Waals surface area contributed by atoms with Crippen LogP contribution in [-0.4, -0.2) is 29.3 Å². The SMILES string of the molecule is CCOC(=O)c1c(CC)nn2c(OC)ccc(Br)c12. The van der Waals surface area contributed by atoms with E-state index in [-0.39, 0.29) is 5.97 Å². The van der Waals surface area contributed by atoms with Gasteiger partial charge in [0.25, 0.3) is 0 Å². The van der Waals surface area contributed by atoms with Crippen LogP contribution in [0.15, 0.2) is 16.6 Å². The van der Waals surface area contributed by atoms with Crippen molar-refractivity contribution < 1.29 is 14.3 Å². The summed E-state index contributed by atoms with van der Waals surface area (Å²) in [5.41, 5.74) is 1.87. The third-order valence-electron chi connectivity index (χ3n) is 2.79. The number of methoxy groups -OCH3 is 1. The highest BCUT2D eigenvalue weighted by atomic mass is 79.9. The first-order valence-corrected chi connectivity index (χ1v) is 6.84. The number of halogens is 1. The molecule has 0 N–H and O–H groups in total. The third kappa shape index (κ3) is 2.32. The molecular formula is C13H15BrN2O3. The summed E-state index contributed by atoms with van der Waals surface area (Å²) in [5, 5.41) is 4.43. The molecule has 0 aliphatic rings. The van der Waals surface area contributed by atoms with Gasteiger partial charge in [0.05, 0.1) is 24.9 Å². The van der Waals surface area contributed by atoms with Crippen LogP contribution in [0.2, 0.25) is 0 Å². The summed E-state index contributed by atoms with van der Waals surface area (Å²) in [4.78, 5) is 12.1. The van der Waals surface area contributed by atoms with Crippen LogP contribution in [0, 0.1) is 0 Å². The summed E-state index contributed by atoms with van der Waals surface area (Å²) in [6.07, 6.45) is 0.644. The molecule has 19 heavy (non-hydrogen) atoms. The fraction of sp³-hybridized carbons (Fsp3) is 0.385. The van der Waals surface area contributed by atoms with E-state index < -0.39 is 0 Å². The zero-order valence-electron chi connectivity index (χ0n) is 11.1. The molecule has 2 rings (SSSR count). The van der Waals surface area contributed by atoms with Crippen LogP contribution in [0.25, 0.3) is 5.52 Å². The van der Waals surface area contributed by atoms with Crippen LogP contribution in [0.5, 0.6) is 5.88 Å². The molecule has 2 aromatic rings.